The summed E-state index contributed by atoms with van der Waals surface area (Å²) in [7, 11) is -4.83. The Balaban J connectivity index is 1.58. The number of benzene rings is 2. The molecule has 0 saturated heterocycles. The fraction of sp³-hybridized carbons (Fsp3) is 0.417. The maximum absolute atomic E-state index is 15.8. The lowest BCUT2D eigenvalue weighted by atomic mass is 9.91. The molecule has 2 aliphatic rings. The van der Waals surface area contributed by atoms with E-state index in [-0.39, 0.29) is 31.2 Å². The third kappa shape index (κ3) is 4.90. The molecule has 1 unspecified atom stereocenters. The number of nitrogens with zero attached hydrogens (tertiary/aromatic N) is 1. The summed E-state index contributed by atoms with van der Waals surface area (Å²) < 4.78 is 120. The molecule has 4 rings (SSSR count). The van der Waals surface area contributed by atoms with Gasteiger partial charge in [0.25, 0.3) is 0 Å². The van der Waals surface area contributed by atoms with Crippen LogP contribution in [0.2, 0.25) is 0 Å². The molecule has 0 aromatic heterocycles. The van der Waals surface area contributed by atoms with Gasteiger partial charge in [-0.05, 0) is 67.1 Å². The molecule has 1 heterocycles. The van der Waals surface area contributed by atoms with Gasteiger partial charge in [-0.3, -0.25) is 14.5 Å². The van der Waals surface area contributed by atoms with Crippen LogP contribution in [0.3, 0.4) is 0 Å². The molecule has 13 heteroatoms. The minimum absolute atomic E-state index is 0.000553. The summed E-state index contributed by atoms with van der Waals surface area (Å²) in [5.41, 5.74) is -1.87. The number of hydrogen-bond acceptors (Lipinski definition) is 5. The fourth-order valence-corrected chi connectivity index (χ4v) is 6.78. The lowest BCUT2D eigenvalue weighted by molar-refractivity contribution is -0.138. The molecule has 5 nitrogen and oxygen atoms in total. The summed E-state index contributed by atoms with van der Waals surface area (Å²) >= 11 is 0. The van der Waals surface area contributed by atoms with Crippen molar-refractivity contribution >= 4 is 21.9 Å². The van der Waals surface area contributed by atoms with Crippen molar-refractivity contribution in [3.63, 3.8) is 0 Å². The van der Waals surface area contributed by atoms with Crippen molar-refractivity contribution in [2.75, 3.05) is 0 Å². The average molecular weight is 551 g/mol. The molecule has 1 aliphatic carbocycles. The Hall–Kier alpha value is -2.80. The molecule has 0 N–H and O–H groups in total. The number of ketones is 1. The highest BCUT2D eigenvalue weighted by atomic mass is 32.2. The molecule has 0 spiro atoms. The van der Waals surface area contributed by atoms with Crippen LogP contribution in [-0.2, 0) is 38.3 Å². The molecular formula is C24H20F7NO4S. The van der Waals surface area contributed by atoms with Crippen molar-refractivity contribution < 1.29 is 48.7 Å². The first-order valence-electron chi connectivity index (χ1n) is 11.1. The van der Waals surface area contributed by atoms with Crippen LogP contribution in [0.15, 0.2) is 47.4 Å². The Morgan fingerprint density at radius 2 is 1.54 bits per heavy atom. The Bertz CT molecular complexity index is 1330. The molecular weight excluding hydrogens is 531 g/mol. The molecule has 1 aliphatic heterocycles. The van der Waals surface area contributed by atoms with E-state index in [1.54, 1.807) is 0 Å². The van der Waals surface area contributed by atoms with Crippen LogP contribution in [0.5, 0.6) is 0 Å². The van der Waals surface area contributed by atoms with Crippen LogP contribution < -0.4 is 0 Å². The van der Waals surface area contributed by atoms with Crippen LogP contribution in [0.25, 0.3) is 0 Å². The number of aldehydes is 1. The van der Waals surface area contributed by atoms with Crippen molar-refractivity contribution in [1.82, 2.24) is 4.90 Å². The largest absolute Gasteiger partial charge is 0.416 e. The Kier molecular flexibility index (Phi) is 6.77. The summed E-state index contributed by atoms with van der Waals surface area (Å²) in [5.74, 6) is -0.994. The van der Waals surface area contributed by atoms with Crippen LogP contribution in [-0.4, -0.2) is 36.4 Å². The standard InChI is InChI=1S/C24H20F7NO4S/c25-22(37(35,36)18-3-1-2-15(10-18)23(26,27)28)8-6-17(7-9-22)32-12-14-4-5-16(24(29,30)31)11-19(14)21(32)20(34)13-33/h1-5,10-11,13,17,21H,6-9,12H2. The highest BCUT2D eigenvalue weighted by Crippen LogP contribution is 2.46. The van der Waals surface area contributed by atoms with E-state index in [1.807, 2.05) is 0 Å². The molecule has 200 valence electrons. The number of halogens is 7. The molecule has 37 heavy (non-hydrogen) atoms. The molecule has 0 amide bonds. The van der Waals surface area contributed by atoms with Crippen LogP contribution in [0.4, 0.5) is 30.7 Å². The van der Waals surface area contributed by atoms with E-state index in [0.717, 1.165) is 24.3 Å². The monoisotopic (exact) mass is 551 g/mol. The number of hydrogen-bond donors (Lipinski definition) is 0. The first kappa shape index (κ1) is 27.2. The number of rotatable bonds is 5. The highest BCUT2D eigenvalue weighted by molar-refractivity contribution is 7.92. The summed E-state index contributed by atoms with van der Waals surface area (Å²) in [5, 5.41) is -2.88. The van der Waals surface area contributed by atoms with Gasteiger partial charge in [0.05, 0.1) is 16.0 Å². The second kappa shape index (κ2) is 9.19. The van der Waals surface area contributed by atoms with Crippen LogP contribution in [0.1, 0.15) is 54.0 Å². The van der Waals surface area contributed by atoms with Crippen molar-refractivity contribution in [3.8, 4) is 0 Å². The van der Waals surface area contributed by atoms with E-state index in [0.29, 0.717) is 17.7 Å². The maximum atomic E-state index is 15.8. The van der Waals surface area contributed by atoms with Gasteiger partial charge < -0.3 is 0 Å². The van der Waals surface area contributed by atoms with Gasteiger partial charge in [-0.1, -0.05) is 12.1 Å². The lowest BCUT2D eigenvalue weighted by Gasteiger charge is -2.39. The van der Waals surface area contributed by atoms with Crippen LogP contribution >= 0.6 is 0 Å². The van der Waals surface area contributed by atoms with Crippen LogP contribution in [0, 0.1) is 0 Å². The third-order valence-electron chi connectivity index (χ3n) is 6.96. The Labute approximate surface area is 207 Å². The molecule has 2 aromatic carbocycles. The zero-order valence-electron chi connectivity index (χ0n) is 18.9. The number of alkyl halides is 7. The molecule has 1 atom stereocenters. The topological polar surface area (TPSA) is 71.5 Å². The van der Waals surface area contributed by atoms with E-state index in [4.69, 9.17) is 0 Å². The van der Waals surface area contributed by atoms with E-state index in [9.17, 15) is 44.3 Å². The number of carbonyl (C=O) groups excluding carboxylic acids is 2. The number of sulfone groups is 1. The first-order chi connectivity index (χ1) is 17.1. The molecule has 0 radical (unpaired) electrons. The minimum Gasteiger partial charge on any atom is -0.295 e. The molecule has 1 saturated carbocycles. The highest BCUT2D eigenvalue weighted by Gasteiger charge is 2.51. The molecule has 0 bridgehead atoms. The maximum Gasteiger partial charge on any atom is 0.416 e. The predicted molar refractivity (Wildman–Crippen MR) is 116 cm³/mol. The van der Waals surface area contributed by atoms with E-state index in [1.165, 1.54) is 11.0 Å². The van der Waals surface area contributed by atoms with Gasteiger partial charge in [-0.2, -0.15) is 26.3 Å². The summed E-state index contributed by atoms with van der Waals surface area (Å²) in [6, 6.07) is 3.63. The number of carbonyl (C=O) groups is 2. The predicted octanol–water partition coefficient (Wildman–Crippen LogP) is 5.43. The Morgan fingerprint density at radius 3 is 2.11 bits per heavy atom. The zero-order chi connectivity index (χ0) is 27.4. The van der Waals surface area contributed by atoms with Gasteiger partial charge in [0.2, 0.25) is 20.6 Å². The molecule has 1 fully saturated rings. The number of fused-ring (bicyclic) bond motifs is 1. The lowest BCUT2D eigenvalue weighted by Crippen LogP contribution is -2.46. The summed E-state index contributed by atoms with van der Waals surface area (Å²) in [4.78, 5) is 24.3. The van der Waals surface area contributed by atoms with Gasteiger partial charge in [0, 0.05) is 12.6 Å². The van der Waals surface area contributed by atoms with E-state index < -0.39 is 73.9 Å². The van der Waals surface area contributed by atoms with Gasteiger partial charge >= 0.3 is 12.4 Å². The SMILES string of the molecule is O=CC(=O)C1c2cc(C(F)(F)F)ccc2CN1C1CCC(F)(S(=O)(=O)c2cccc(C(F)(F)F)c2)CC1. The minimum atomic E-state index is -4.83. The van der Waals surface area contributed by atoms with E-state index in [2.05, 4.69) is 0 Å². The second-order valence-corrected chi connectivity index (χ2v) is 11.4. The van der Waals surface area contributed by atoms with Gasteiger partial charge in [0.1, 0.15) is 6.04 Å². The van der Waals surface area contributed by atoms with Crippen molar-refractivity contribution in [2.45, 2.75) is 66.6 Å². The third-order valence-corrected chi connectivity index (χ3v) is 9.21. The quantitative estimate of drug-likeness (QED) is 0.282. The first-order valence-corrected chi connectivity index (χ1v) is 12.6. The normalized spacial score (nSPS) is 25.1. The summed E-state index contributed by atoms with van der Waals surface area (Å²) in [6.45, 7) is -0.0119. The Morgan fingerprint density at radius 1 is 0.946 bits per heavy atom. The second-order valence-electron chi connectivity index (χ2n) is 9.15. The van der Waals surface area contributed by atoms with Crippen molar-refractivity contribution in [3.05, 3.63) is 64.7 Å². The van der Waals surface area contributed by atoms with Crippen molar-refractivity contribution in [1.29, 1.82) is 0 Å². The average Bonchev–Trinajstić information content (AvgIpc) is 3.21. The van der Waals surface area contributed by atoms with Gasteiger partial charge in [-0.15, -0.1) is 0 Å². The summed E-state index contributed by atoms with van der Waals surface area (Å²) in [6.07, 6.45) is -11.1. The smallest absolute Gasteiger partial charge is 0.295 e. The van der Waals surface area contributed by atoms with Gasteiger partial charge in [0.15, 0.2) is 6.29 Å². The van der Waals surface area contributed by atoms with Crippen molar-refractivity contribution in [2.24, 2.45) is 0 Å². The van der Waals surface area contributed by atoms with Gasteiger partial charge in [-0.25, -0.2) is 12.8 Å². The van der Waals surface area contributed by atoms with E-state index >= 15 is 4.39 Å². The molecule has 2 aromatic rings. The number of Topliss-reactive ketones (excluding diaryl/α,β-unsaturated/α-hetero) is 1. The zero-order valence-corrected chi connectivity index (χ0v) is 19.8. The fourth-order valence-electron chi connectivity index (χ4n) is 5.04.